The molecule has 0 bridgehead atoms. The molecular weight excluding hydrogens is 387 g/mol. The van der Waals surface area contributed by atoms with Crippen molar-refractivity contribution >= 4 is 31.3 Å². The minimum absolute atomic E-state index is 0.801. The fourth-order valence-corrected chi connectivity index (χ4v) is 12.9. The summed E-state index contributed by atoms with van der Waals surface area (Å²) in [5.74, 6) is 0.697. The Morgan fingerprint density at radius 3 is 2.36 bits per heavy atom. The molecule has 1 aliphatic heterocycles. The van der Waals surface area contributed by atoms with Gasteiger partial charge in [-0.25, -0.2) is 0 Å². The Kier molecular flexibility index (Phi) is 6.17. The van der Waals surface area contributed by atoms with Crippen molar-refractivity contribution < 1.29 is 16.0 Å². The summed E-state index contributed by atoms with van der Waals surface area (Å²) in [5.41, 5.74) is 0.831. The van der Waals surface area contributed by atoms with Crippen LogP contribution in [0, 0.1) is 0 Å². The van der Waals surface area contributed by atoms with Gasteiger partial charge in [0.05, 0.1) is 0 Å². The van der Waals surface area contributed by atoms with Crippen molar-refractivity contribution in [3.8, 4) is 11.5 Å². The first-order chi connectivity index (χ1) is 10.6. The van der Waals surface area contributed by atoms with Crippen molar-refractivity contribution in [1.29, 1.82) is 0 Å². The number of carbonyl (C=O) groups is 1. The fourth-order valence-electron chi connectivity index (χ4n) is 2.60. The molecule has 0 saturated carbocycles. The zero-order valence-corrected chi connectivity index (χ0v) is 16.2. The van der Waals surface area contributed by atoms with Crippen LogP contribution in [0.2, 0.25) is 8.87 Å². The van der Waals surface area contributed by atoms with Crippen molar-refractivity contribution in [3.05, 3.63) is 29.8 Å². The second-order valence-electron chi connectivity index (χ2n) is 5.70. The number of benzene rings is 1. The third-order valence-corrected chi connectivity index (χ3v) is 13.5. The predicted octanol–water partition coefficient (Wildman–Crippen LogP) is 4.60. The normalized spacial score (nSPS) is 15.4. The van der Waals surface area contributed by atoms with Gasteiger partial charge in [-0.2, -0.15) is 0 Å². The van der Waals surface area contributed by atoms with Crippen molar-refractivity contribution in [1.82, 2.24) is 0 Å². The summed E-state index contributed by atoms with van der Waals surface area (Å²) in [5, 5.41) is 8.71. The van der Waals surface area contributed by atoms with Crippen LogP contribution in [0.5, 0.6) is 11.5 Å². The standard InChI is InChI=1S/C9H8O4.2C4H9.Sn/c10-7-3-1-6(5-8(7)11)2-4-9(12)13;2*1-3-4-2;/h1-5,10-11H,(H,12,13);2*1,3-4H2,2H3;/q;;;+2/p-2/b4-2+;;;. The van der Waals surface area contributed by atoms with E-state index in [0.717, 1.165) is 57.7 Å². The summed E-state index contributed by atoms with van der Waals surface area (Å²) in [6, 6.07) is 5.68. The molecule has 0 unspecified atom stereocenters. The molecule has 1 aromatic rings. The van der Waals surface area contributed by atoms with Gasteiger partial charge in [0.2, 0.25) is 0 Å². The molecule has 1 aliphatic rings. The van der Waals surface area contributed by atoms with E-state index in [2.05, 4.69) is 13.8 Å². The molecule has 1 N–H and O–H groups in total. The average Bonchev–Trinajstić information content (AvgIpc) is 2.87. The van der Waals surface area contributed by atoms with Gasteiger partial charge in [-0.05, 0) is 0 Å². The van der Waals surface area contributed by atoms with Crippen LogP contribution in [0.4, 0.5) is 0 Å². The van der Waals surface area contributed by atoms with E-state index in [1.807, 2.05) is 18.2 Å². The third kappa shape index (κ3) is 4.41. The van der Waals surface area contributed by atoms with Crippen molar-refractivity contribution in [3.63, 3.8) is 0 Å². The Hall–Kier alpha value is -1.17. The molecule has 0 radical (unpaired) electrons. The van der Waals surface area contributed by atoms with E-state index in [-0.39, 0.29) is 0 Å². The van der Waals surface area contributed by atoms with Gasteiger partial charge in [0.15, 0.2) is 0 Å². The molecule has 0 aromatic heterocycles. The number of carboxylic acid groups (broad SMARTS) is 1. The first-order valence-electron chi connectivity index (χ1n) is 8.01. The quantitative estimate of drug-likeness (QED) is 0.502. The van der Waals surface area contributed by atoms with E-state index in [1.54, 1.807) is 6.08 Å². The number of unbranched alkanes of at least 4 members (excludes halogenated alkanes) is 2. The van der Waals surface area contributed by atoms with Gasteiger partial charge in [0, 0.05) is 0 Å². The van der Waals surface area contributed by atoms with Crippen molar-refractivity contribution in [2.45, 2.75) is 48.4 Å². The number of carboxylic acids is 1. The van der Waals surface area contributed by atoms with E-state index < -0.39 is 25.2 Å². The summed E-state index contributed by atoms with van der Waals surface area (Å²) in [4.78, 5) is 10.6. The van der Waals surface area contributed by atoms with Gasteiger partial charge in [0.1, 0.15) is 0 Å². The van der Waals surface area contributed by atoms with E-state index in [4.69, 9.17) is 11.3 Å². The summed E-state index contributed by atoms with van der Waals surface area (Å²) in [6.45, 7) is 4.38. The van der Waals surface area contributed by atoms with E-state index >= 15 is 0 Å². The monoisotopic (exact) mass is 412 g/mol. The zero-order valence-electron chi connectivity index (χ0n) is 13.3. The second kappa shape index (κ2) is 7.90. The maximum atomic E-state index is 10.6. The third-order valence-electron chi connectivity index (χ3n) is 3.80. The number of rotatable bonds is 8. The van der Waals surface area contributed by atoms with Crippen LogP contribution < -0.4 is 6.15 Å². The fraction of sp³-hybridized carbons (Fsp3) is 0.471. The zero-order chi connectivity index (χ0) is 16.0. The topological polar surface area (TPSA) is 55.8 Å². The molecule has 120 valence electrons. The molecule has 0 atom stereocenters. The molecule has 2 rings (SSSR count). The SMILES string of the molecule is CCC[CH2][Sn]1([CH2]CCC)[O]c2ccc(/C=C/C(=O)O)cc2[O]1. The maximum absolute atomic E-state index is 10.6. The van der Waals surface area contributed by atoms with Crippen LogP contribution in [0.25, 0.3) is 6.08 Å². The number of hydrogen-bond donors (Lipinski definition) is 1. The molecule has 1 aromatic carbocycles. The van der Waals surface area contributed by atoms with Gasteiger partial charge in [-0.1, -0.05) is 0 Å². The summed E-state index contributed by atoms with van der Waals surface area (Å²) in [7, 11) is 0. The first kappa shape index (κ1) is 17.2. The number of hydrogen-bond acceptors (Lipinski definition) is 3. The van der Waals surface area contributed by atoms with Gasteiger partial charge in [0.25, 0.3) is 0 Å². The molecule has 0 fully saturated rings. The van der Waals surface area contributed by atoms with Gasteiger partial charge < -0.3 is 0 Å². The first-order valence-corrected chi connectivity index (χ1v) is 14.4. The average molecular weight is 411 g/mol. The predicted molar refractivity (Wildman–Crippen MR) is 89.6 cm³/mol. The Labute approximate surface area is 137 Å². The van der Waals surface area contributed by atoms with Crippen LogP contribution in [-0.2, 0) is 4.79 Å². The van der Waals surface area contributed by atoms with Gasteiger partial charge >= 0.3 is 137 Å². The van der Waals surface area contributed by atoms with Gasteiger partial charge in [-0.3, -0.25) is 0 Å². The van der Waals surface area contributed by atoms with Crippen molar-refractivity contribution in [2.24, 2.45) is 0 Å². The number of aliphatic carboxylic acids is 1. The molecule has 0 aliphatic carbocycles. The summed E-state index contributed by atoms with van der Waals surface area (Å²) >= 11 is -3.02. The Bertz CT molecular complexity index is 546. The Morgan fingerprint density at radius 1 is 1.14 bits per heavy atom. The van der Waals surface area contributed by atoms with Crippen LogP contribution >= 0.6 is 0 Å². The van der Waals surface area contributed by atoms with Gasteiger partial charge in [-0.15, -0.1) is 0 Å². The van der Waals surface area contributed by atoms with E-state index in [9.17, 15) is 4.79 Å². The molecule has 0 saturated heterocycles. The molecule has 1 heterocycles. The summed E-state index contributed by atoms with van der Waals surface area (Å²) in [6.07, 6.45) is 7.34. The Morgan fingerprint density at radius 2 is 1.77 bits per heavy atom. The molecule has 0 amide bonds. The van der Waals surface area contributed by atoms with Crippen LogP contribution in [0.3, 0.4) is 0 Å². The number of fused-ring (bicyclic) bond motifs is 1. The van der Waals surface area contributed by atoms with Crippen LogP contribution in [0.15, 0.2) is 24.3 Å². The van der Waals surface area contributed by atoms with Crippen LogP contribution in [0.1, 0.15) is 45.1 Å². The Balaban J connectivity index is 2.16. The van der Waals surface area contributed by atoms with Crippen LogP contribution in [-0.4, -0.2) is 30.3 Å². The molecule has 0 spiro atoms. The summed E-state index contributed by atoms with van der Waals surface area (Å²) < 4.78 is 14.8. The second-order valence-corrected chi connectivity index (χ2v) is 14.9. The van der Waals surface area contributed by atoms with E-state index in [1.165, 1.54) is 0 Å². The molecule has 4 nitrogen and oxygen atoms in total. The van der Waals surface area contributed by atoms with E-state index in [0.29, 0.717) is 0 Å². The molecular formula is C17H24O4Sn. The molecule has 22 heavy (non-hydrogen) atoms. The minimum atomic E-state index is -3.02. The van der Waals surface area contributed by atoms with Crippen molar-refractivity contribution in [2.75, 3.05) is 0 Å². The molecule has 5 heteroatoms.